The number of phosphoric ester groups is 2. The lowest BCUT2D eigenvalue weighted by atomic mass is 10.0. The van der Waals surface area contributed by atoms with Crippen LogP contribution in [0.5, 0.6) is 0 Å². The van der Waals surface area contributed by atoms with Crippen LogP contribution in [0.25, 0.3) is 0 Å². The Bertz CT molecular complexity index is 2630. The number of rotatable bonds is 75. The Morgan fingerprint density at radius 2 is 0.491 bits per heavy atom. The van der Waals surface area contributed by atoms with Gasteiger partial charge in [0, 0.05) is 25.7 Å². The quantitative estimate of drug-likeness (QED) is 0.0169. The fourth-order valence-corrected chi connectivity index (χ4v) is 11.8. The van der Waals surface area contributed by atoms with E-state index < -0.39 is 97.5 Å². The number of carbonyl (C=O) groups excluding carboxylic acids is 4. The number of hydrogen-bond donors (Lipinski definition) is 3. The van der Waals surface area contributed by atoms with Crippen LogP contribution < -0.4 is 0 Å². The van der Waals surface area contributed by atoms with Gasteiger partial charge < -0.3 is 33.8 Å². The van der Waals surface area contributed by atoms with E-state index >= 15 is 0 Å². The molecule has 0 aromatic rings. The lowest BCUT2D eigenvalue weighted by Gasteiger charge is -2.21. The molecule has 0 spiro atoms. The van der Waals surface area contributed by atoms with Gasteiger partial charge in [-0.15, -0.1) is 0 Å². The van der Waals surface area contributed by atoms with Crippen molar-refractivity contribution in [3.8, 4) is 0 Å². The van der Waals surface area contributed by atoms with Crippen molar-refractivity contribution in [1.29, 1.82) is 0 Å². The molecule has 0 radical (unpaired) electrons. The zero-order valence-electron chi connectivity index (χ0n) is 66.1. The van der Waals surface area contributed by atoms with Gasteiger partial charge in [0.1, 0.15) is 19.3 Å². The highest BCUT2D eigenvalue weighted by Crippen LogP contribution is 2.45. The number of aliphatic hydroxyl groups excluding tert-OH is 1. The average molecular weight is 1520 g/mol. The molecular formula is C87H144O17P2. The molecule has 0 rings (SSSR count). The minimum absolute atomic E-state index is 0.0460. The molecular weight excluding hydrogens is 1380 g/mol. The number of aliphatic hydroxyl groups is 1. The molecule has 19 heteroatoms. The lowest BCUT2D eigenvalue weighted by Crippen LogP contribution is -2.30. The van der Waals surface area contributed by atoms with Crippen LogP contribution in [0.1, 0.15) is 310 Å². The minimum Gasteiger partial charge on any atom is -0.462 e. The number of allylic oxidation sites excluding steroid dienone is 26. The molecule has 5 atom stereocenters. The zero-order valence-corrected chi connectivity index (χ0v) is 67.8. The van der Waals surface area contributed by atoms with E-state index in [1.807, 2.05) is 42.5 Å². The highest BCUT2D eigenvalue weighted by Gasteiger charge is 2.30. The third-order valence-electron chi connectivity index (χ3n) is 16.5. The van der Waals surface area contributed by atoms with Gasteiger partial charge in [0.2, 0.25) is 0 Å². The van der Waals surface area contributed by atoms with Crippen LogP contribution in [0.15, 0.2) is 158 Å². The Labute approximate surface area is 642 Å². The van der Waals surface area contributed by atoms with Crippen molar-refractivity contribution in [3.05, 3.63) is 158 Å². The van der Waals surface area contributed by atoms with Crippen LogP contribution in [-0.4, -0.2) is 96.7 Å². The van der Waals surface area contributed by atoms with E-state index in [4.69, 9.17) is 37.0 Å². The molecule has 0 aromatic heterocycles. The second-order valence-electron chi connectivity index (χ2n) is 26.7. The topological polar surface area (TPSA) is 237 Å². The van der Waals surface area contributed by atoms with Crippen LogP contribution in [0.2, 0.25) is 0 Å². The summed E-state index contributed by atoms with van der Waals surface area (Å²) in [4.78, 5) is 73.0. The van der Waals surface area contributed by atoms with Gasteiger partial charge >= 0.3 is 39.5 Å². The summed E-state index contributed by atoms with van der Waals surface area (Å²) in [5.41, 5.74) is 0. The number of phosphoric acid groups is 2. The van der Waals surface area contributed by atoms with Gasteiger partial charge in [-0.05, 0) is 141 Å². The number of unbranched alkanes of at least 4 members (excludes halogenated alkanes) is 23. The Kier molecular flexibility index (Phi) is 73.9. The average Bonchev–Trinajstić information content (AvgIpc) is 0.901. The van der Waals surface area contributed by atoms with E-state index in [-0.39, 0.29) is 25.7 Å². The van der Waals surface area contributed by atoms with Crippen LogP contribution >= 0.6 is 15.6 Å². The predicted octanol–water partition coefficient (Wildman–Crippen LogP) is 24.0. The first kappa shape index (κ1) is 101. The third-order valence-corrected chi connectivity index (χ3v) is 18.4. The second-order valence-corrected chi connectivity index (χ2v) is 29.6. The van der Waals surface area contributed by atoms with E-state index in [0.29, 0.717) is 44.9 Å². The van der Waals surface area contributed by atoms with Crippen molar-refractivity contribution < 1.29 is 80.2 Å². The summed E-state index contributed by atoms with van der Waals surface area (Å²) >= 11 is 0. The van der Waals surface area contributed by atoms with E-state index in [9.17, 15) is 43.2 Å². The molecule has 0 bridgehead atoms. The van der Waals surface area contributed by atoms with E-state index in [1.54, 1.807) is 0 Å². The normalized spacial score (nSPS) is 14.7. The van der Waals surface area contributed by atoms with E-state index in [2.05, 4.69) is 143 Å². The molecule has 0 aliphatic carbocycles. The van der Waals surface area contributed by atoms with Crippen LogP contribution in [0.3, 0.4) is 0 Å². The summed E-state index contributed by atoms with van der Waals surface area (Å²) in [7, 11) is -10.0. The first-order valence-corrected chi connectivity index (χ1v) is 43.7. The molecule has 17 nitrogen and oxygen atoms in total. The van der Waals surface area contributed by atoms with Gasteiger partial charge in [-0.1, -0.05) is 301 Å². The van der Waals surface area contributed by atoms with Gasteiger partial charge in [0.25, 0.3) is 0 Å². The molecule has 0 amide bonds. The largest absolute Gasteiger partial charge is 0.472 e. The van der Waals surface area contributed by atoms with Crippen molar-refractivity contribution in [3.63, 3.8) is 0 Å². The van der Waals surface area contributed by atoms with Crippen molar-refractivity contribution >= 4 is 39.5 Å². The Hall–Kier alpha value is -5.32. The summed E-state index contributed by atoms with van der Waals surface area (Å²) in [6.07, 6.45) is 91.1. The first-order chi connectivity index (χ1) is 51.7. The van der Waals surface area contributed by atoms with Gasteiger partial charge in [-0.2, -0.15) is 0 Å². The van der Waals surface area contributed by atoms with E-state index in [1.165, 1.54) is 109 Å². The maximum Gasteiger partial charge on any atom is 0.472 e. The van der Waals surface area contributed by atoms with Crippen molar-refractivity contribution in [2.24, 2.45) is 0 Å². The highest BCUT2D eigenvalue weighted by atomic mass is 31.2. The third kappa shape index (κ3) is 76.9. The standard InChI is InChI=1S/C87H144O17P2/c1-5-9-13-17-21-25-29-33-36-39-40-43-46-50-54-58-62-66-70-74-87(92)104-83(78-98-85(90)72-68-64-60-56-52-49-45-42-38-35-31-27-23-19-15-11-7-3)80-102-106(95,96)100-76-81(88)75-99-105(93,94)101-79-82(103-86(91)73-69-65-61-57-53-47-32-28-24-20-16-12-8-4)77-97-84(89)71-67-63-59-55-51-48-44-41-37-34-30-26-22-18-14-10-6-2/h21-23,25-27,33-38,40,43-45,48-50,54-56,59-60,62,66,81-83,88H,5-20,24,28-32,39,41-42,46-47,51-53,57-58,61,63-65,67-80H2,1-4H3,(H,93,94)(H,95,96)/b25-21-,26-22-,27-23-,36-33-,37-34-,38-35-,43-40-,48-44-,49-45-,54-50-,59-55-,60-56-,66-62-/t81-,82+,83+/m0/s1. The second kappa shape index (κ2) is 77.8. The summed E-state index contributed by atoms with van der Waals surface area (Å²) in [5.74, 6) is -2.41. The Morgan fingerprint density at radius 3 is 0.792 bits per heavy atom. The molecule has 0 aliphatic heterocycles. The highest BCUT2D eigenvalue weighted by molar-refractivity contribution is 7.47. The molecule has 0 aliphatic rings. The summed E-state index contributed by atoms with van der Waals surface area (Å²) in [6.45, 7) is 4.58. The summed E-state index contributed by atoms with van der Waals surface area (Å²) in [6, 6.07) is 0. The van der Waals surface area contributed by atoms with Crippen LogP contribution in [0, 0.1) is 0 Å². The monoisotopic (exact) mass is 1520 g/mol. The molecule has 0 fully saturated rings. The molecule has 0 aromatic carbocycles. The molecule has 0 saturated carbocycles. The van der Waals surface area contributed by atoms with E-state index in [0.717, 1.165) is 103 Å². The SMILES string of the molecule is CCCCC/C=C\C/C=C\C/C=C\C/C=C\C/C=C\CCC(=O)O[C@H](COC(=O)CCC/C=C\C/C=C\C/C=C\C/C=C\CCCCC)COP(=O)(O)OC[C@@H](O)COP(=O)(O)OC[C@@H](COC(=O)CCC/C=C\C/C=C\C/C=C\C/C=C\CCCCC)OC(=O)CCCCCCCCCCCCCCC. The summed E-state index contributed by atoms with van der Waals surface area (Å²) < 4.78 is 68.4. The summed E-state index contributed by atoms with van der Waals surface area (Å²) in [5, 5.41) is 10.6. The minimum atomic E-state index is -5.02. The van der Waals surface area contributed by atoms with Crippen molar-refractivity contribution in [2.45, 2.75) is 329 Å². The van der Waals surface area contributed by atoms with Gasteiger partial charge in [0.15, 0.2) is 12.2 Å². The van der Waals surface area contributed by atoms with Crippen molar-refractivity contribution in [1.82, 2.24) is 0 Å². The van der Waals surface area contributed by atoms with Gasteiger partial charge in [-0.3, -0.25) is 37.3 Å². The fraction of sp³-hybridized carbons (Fsp3) is 0.655. The molecule has 604 valence electrons. The van der Waals surface area contributed by atoms with Gasteiger partial charge in [-0.25, -0.2) is 9.13 Å². The Morgan fingerprint density at radius 1 is 0.264 bits per heavy atom. The molecule has 2 unspecified atom stereocenters. The smallest absolute Gasteiger partial charge is 0.462 e. The molecule has 0 saturated heterocycles. The lowest BCUT2D eigenvalue weighted by molar-refractivity contribution is -0.161. The number of ether oxygens (including phenoxy) is 4. The van der Waals surface area contributed by atoms with Gasteiger partial charge in [0.05, 0.1) is 26.4 Å². The molecule has 0 heterocycles. The Balaban J connectivity index is 5.53. The van der Waals surface area contributed by atoms with Crippen LogP contribution in [-0.2, 0) is 65.4 Å². The number of hydrogen-bond acceptors (Lipinski definition) is 15. The first-order valence-electron chi connectivity index (χ1n) is 40.7. The van der Waals surface area contributed by atoms with Crippen LogP contribution in [0.4, 0.5) is 0 Å². The van der Waals surface area contributed by atoms with Crippen molar-refractivity contribution in [2.75, 3.05) is 39.6 Å². The molecule has 3 N–H and O–H groups in total. The number of esters is 4. The maximum atomic E-state index is 13.1. The number of carbonyl (C=O) groups is 4. The molecule has 106 heavy (non-hydrogen) atoms. The maximum absolute atomic E-state index is 13.1. The predicted molar refractivity (Wildman–Crippen MR) is 436 cm³/mol. The fourth-order valence-electron chi connectivity index (χ4n) is 10.2. The zero-order chi connectivity index (χ0) is 77.4.